The summed E-state index contributed by atoms with van der Waals surface area (Å²) >= 11 is 0. The number of carbonyl (C=O) groups excluding carboxylic acids is 1. The molecule has 21 heavy (non-hydrogen) atoms. The van der Waals surface area contributed by atoms with Gasteiger partial charge in [0, 0.05) is 31.0 Å². The Morgan fingerprint density at radius 2 is 1.86 bits per heavy atom. The van der Waals surface area contributed by atoms with E-state index in [2.05, 4.69) is 4.98 Å². The number of nitrogens with zero attached hydrogens (tertiary/aromatic N) is 2. The van der Waals surface area contributed by atoms with Gasteiger partial charge in [0.1, 0.15) is 0 Å². The van der Waals surface area contributed by atoms with Crippen molar-refractivity contribution in [1.29, 1.82) is 0 Å². The van der Waals surface area contributed by atoms with Gasteiger partial charge in [-0.15, -0.1) is 0 Å². The van der Waals surface area contributed by atoms with E-state index in [0.29, 0.717) is 19.4 Å². The molecule has 1 saturated carbocycles. The lowest BCUT2D eigenvalue weighted by atomic mass is 9.71. The second-order valence-corrected chi connectivity index (χ2v) is 5.67. The first kappa shape index (κ1) is 15.5. The van der Waals surface area contributed by atoms with Gasteiger partial charge in [-0.05, 0) is 31.9 Å². The number of hydrogen-bond donors (Lipinski definition) is 1. The molecule has 0 atom stereocenters. The van der Waals surface area contributed by atoms with E-state index in [1.807, 2.05) is 6.92 Å². The number of pyridine rings is 1. The molecule has 0 bridgehead atoms. The van der Waals surface area contributed by atoms with Crippen molar-refractivity contribution in [1.82, 2.24) is 4.98 Å². The number of aromatic nitrogens is 1. The van der Waals surface area contributed by atoms with Gasteiger partial charge in [0.2, 0.25) is 5.91 Å². The van der Waals surface area contributed by atoms with Gasteiger partial charge in [0.25, 0.3) is 0 Å². The molecule has 2 rings (SSSR count). The topological polar surface area (TPSA) is 70.5 Å². The van der Waals surface area contributed by atoms with E-state index < -0.39 is 11.4 Å². The van der Waals surface area contributed by atoms with Crippen LogP contribution in [0.4, 0.5) is 5.69 Å². The van der Waals surface area contributed by atoms with Crippen molar-refractivity contribution < 1.29 is 14.7 Å². The molecule has 0 unspecified atom stereocenters. The predicted molar refractivity (Wildman–Crippen MR) is 80.0 cm³/mol. The van der Waals surface area contributed by atoms with Crippen molar-refractivity contribution in [3.05, 3.63) is 24.5 Å². The van der Waals surface area contributed by atoms with Gasteiger partial charge >= 0.3 is 5.97 Å². The van der Waals surface area contributed by atoms with Gasteiger partial charge in [-0.2, -0.15) is 0 Å². The molecule has 1 aliphatic carbocycles. The summed E-state index contributed by atoms with van der Waals surface area (Å²) in [5.41, 5.74) is -0.107. The van der Waals surface area contributed by atoms with Crippen LogP contribution in [0, 0.1) is 5.41 Å². The molecule has 0 radical (unpaired) electrons. The highest BCUT2D eigenvalue weighted by Crippen LogP contribution is 2.40. The number of aliphatic carboxylic acids is 1. The van der Waals surface area contributed by atoms with Crippen molar-refractivity contribution in [2.45, 2.75) is 45.4 Å². The van der Waals surface area contributed by atoms with Gasteiger partial charge in [-0.3, -0.25) is 14.6 Å². The number of hydrogen-bond acceptors (Lipinski definition) is 3. The number of amides is 1. The second-order valence-electron chi connectivity index (χ2n) is 5.67. The Morgan fingerprint density at radius 1 is 1.24 bits per heavy atom. The van der Waals surface area contributed by atoms with Crippen LogP contribution in [0.15, 0.2) is 24.5 Å². The zero-order valence-corrected chi connectivity index (χ0v) is 12.4. The van der Waals surface area contributed by atoms with E-state index in [0.717, 1.165) is 24.9 Å². The molecule has 114 valence electrons. The fourth-order valence-corrected chi connectivity index (χ4v) is 3.11. The van der Waals surface area contributed by atoms with Gasteiger partial charge < -0.3 is 10.0 Å². The summed E-state index contributed by atoms with van der Waals surface area (Å²) in [5, 5.41) is 9.58. The second kappa shape index (κ2) is 6.70. The zero-order chi connectivity index (χ0) is 15.3. The third-order valence-electron chi connectivity index (χ3n) is 4.35. The Hall–Kier alpha value is -1.91. The van der Waals surface area contributed by atoms with E-state index in [1.54, 1.807) is 29.4 Å². The molecule has 0 aromatic carbocycles. The minimum absolute atomic E-state index is 0.0818. The highest BCUT2D eigenvalue weighted by atomic mass is 16.4. The van der Waals surface area contributed by atoms with E-state index in [4.69, 9.17) is 0 Å². The quantitative estimate of drug-likeness (QED) is 0.905. The van der Waals surface area contributed by atoms with Gasteiger partial charge in [0.15, 0.2) is 0 Å². The van der Waals surface area contributed by atoms with Crippen LogP contribution in [0.5, 0.6) is 0 Å². The summed E-state index contributed by atoms with van der Waals surface area (Å²) in [6.07, 6.45) is 7.40. The minimum Gasteiger partial charge on any atom is -0.481 e. The lowest BCUT2D eigenvalue weighted by Gasteiger charge is -2.34. The Bertz CT molecular complexity index is 496. The maximum absolute atomic E-state index is 12.6. The summed E-state index contributed by atoms with van der Waals surface area (Å²) in [7, 11) is 0. The number of carboxylic acids is 1. The Kier molecular flexibility index (Phi) is 4.94. The highest BCUT2D eigenvalue weighted by Gasteiger charge is 2.42. The molecule has 1 aromatic rings. The molecule has 0 aliphatic heterocycles. The predicted octanol–water partition coefficient (Wildman–Crippen LogP) is 2.86. The zero-order valence-electron chi connectivity index (χ0n) is 12.4. The highest BCUT2D eigenvalue weighted by molar-refractivity contribution is 5.96. The fourth-order valence-electron chi connectivity index (χ4n) is 3.11. The minimum atomic E-state index is -0.879. The monoisotopic (exact) mass is 290 g/mol. The first-order valence-corrected chi connectivity index (χ1v) is 7.53. The summed E-state index contributed by atoms with van der Waals surface area (Å²) in [4.78, 5) is 29.9. The third-order valence-corrected chi connectivity index (χ3v) is 4.35. The fraction of sp³-hybridized carbons (Fsp3) is 0.562. The molecule has 1 heterocycles. The Morgan fingerprint density at radius 3 is 2.38 bits per heavy atom. The van der Waals surface area contributed by atoms with Crippen LogP contribution >= 0.6 is 0 Å². The van der Waals surface area contributed by atoms with E-state index in [1.165, 1.54) is 0 Å². The van der Waals surface area contributed by atoms with Crippen molar-refractivity contribution in [2.75, 3.05) is 11.4 Å². The van der Waals surface area contributed by atoms with Crippen LogP contribution in [0.1, 0.15) is 45.4 Å². The molecule has 1 aromatic heterocycles. The average molecular weight is 290 g/mol. The van der Waals surface area contributed by atoms with E-state index >= 15 is 0 Å². The molecular weight excluding hydrogens is 268 g/mol. The number of carboxylic acid groups (broad SMARTS) is 1. The maximum Gasteiger partial charge on any atom is 0.310 e. The van der Waals surface area contributed by atoms with Gasteiger partial charge in [-0.1, -0.05) is 19.3 Å². The summed E-state index contributed by atoms with van der Waals surface area (Å²) < 4.78 is 0. The molecule has 5 nitrogen and oxygen atoms in total. The van der Waals surface area contributed by atoms with Crippen LogP contribution < -0.4 is 4.90 Å². The normalized spacial score (nSPS) is 17.2. The summed E-state index contributed by atoms with van der Waals surface area (Å²) in [6, 6.07) is 3.55. The molecule has 1 amide bonds. The maximum atomic E-state index is 12.6. The van der Waals surface area contributed by atoms with Crippen LogP contribution in [0.25, 0.3) is 0 Å². The van der Waals surface area contributed by atoms with Crippen molar-refractivity contribution in [3.63, 3.8) is 0 Å². The first-order chi connectivity index (χ1) is 10.1. The first-order valence-electron chi connectivity index (χ1n) is 7.53. The molecule has 5 heteroatoms. The lowest BCUT2D eigenvalue weighted by molar-refractivity contribution is -0.153. The molecule has 1 fully saturated rings. The van der Waals surface area contributed by atoms with Crippen LogP contribution in [0.3, 0.4) is 0 Å². The largest absolute Gasteiger partial charge is 0.481 e. The lowest BCUT2D eigenvalue weighted by Crippen LogP contribution is -2.41. The van der Waals surface area contributed by atoms with E-state index in [9.17, 15) is 14.7 Å². The summed E-state index contributed by atoms with van der Waals surface area (Å²) in [6.45, 7) is 2.42. The van der Waals surface area contributed by atoms with Crippen molar-refractivity contribution in [2.24, 2.45) is 5.41 Å². The molecule has 1 aliphatic rings. The van der Waals surface area contributed by atoms with Crippen molar-refractivity contribution >= 4 is 17.6 Å². The third kappa shape index (κ3) is 3.40. The van der Waals surface area contributed by atoms with Crippen LogP contribution in [-0.4, -0.2) is 28.5 Å². The van der Waals surface area contributed by atoms with Gasteiger partial charge in [-0.25, -0.2) is 0 Å². The average Bonchev–Trinajstić information content (AvgIpc) is 2.50. The molecular formula is C16H22N2O3. The van der Waals surface area contributed by atoms with Gasteiger partial charge in [0.05, 0.1) is 5.41 Å². The van der Waals surface area contributed by atoms with Crippen LogP contribution in [0.2, 0.25) is 0 Å². The SMILES string of the molecule is CCN(C(=O)CC1(C(=O)O)CCCCC1)c1ccncc1. The Labute approximate surface area is 125 Å². The van der Waals surface area contributed by atoms with Crippen molar-refractivity contribution in [3.8, 4) is 0 Å². The molecule has 0 saturated heterocycles. The van der Waals surface area contributed by atoms with E-state index in [-0.39, 0.29) is 12.3 Å². The molecule has 0 spiro atoms. The molecule has 1 N–H and O–H groups in total. The smallest absolute Gasteiger partial charge is 0.310 e. The number of anilines is 1. The standard InChI is InChI=1S/C16H22N2O3/c1-2-18(13-6-10-17-11-7-13)14(19)12-16(15(20)21)8-4-3-5-9-16/h6-7,10-11H,2-5,8-9,12H2,1H3,(H,20,21). The summed E-state index contributed by atoms with van der Waals surface area (Å²) in [5.74, 6) is -0.950. The Balaban J connectivity index is 2.16. The number of rotatable bonds is 5. The number of carbonyl (C=O) groups is 2. The van der Waals surface area contributed by atoms with Crippen LogP contribution in [-0.2, 0) is 9.59 Å².